The van der Waals surface area contributed by atoms with Crippen molar-refractivity contribution < 1.29 is 25.2 Å². The zero-order valence-electron chi connectivity index (χ0n) is 9.00. The number of aliphatic hydroxyl groups is 4. The highest BCUT2D eigenvalue weighted by Gasteiger charge is 2.68. The Kier molecular flexibility index (Phi) is 2.70. The molecule has 1 amide bonds. The molecule has 0 aliphatic heterocycles. The molecule has 6 atom stereocenters. The van der Waals surface area contributed by atoms with E-state index in [9.17, 15) is 25.2 Å². The second kappa shape index (κ2) is 3.66. The molecule has 0 aromatic rings. The number of carbonyl (C=O) groups is 1. The van der Waals surface area contributed by atoms with E-state index in [1.54, 1.807) is 0 Å². The molecule has 0 aromatic carbocycles. The van der Waals surface area contributed by atoms with Gasteiger partial charge < -0.3 is 25.7 Å². The Labute approximate surface area is 92.9 Å². The lowest BCUT2D eigenvalue weighted by Gasteiger charge is -2.39. The summed E-state index contributed by atoms with van der Waals surface area (Å²) in [6, 6.07) is -0.594. The summed E-state index contributed by atoms with van der Waals surface area (Å²) in [5.41, 5.74) is -0.758. The van der Waals surface area contributed by atoms with Crippen molar-refractivity contribution in [2.45, 2.75) is 37.7 Å². The Morgan fingerprint density at radius 3 is 2.50 bits per heavy atom. The Morgan fingerprint density at radius 1 is 1.38 bits per heavy atom. The summed E-state index contributed by atoms with van der Waals surface area (Å²) in [5.74, 6) is -0.471. The molecular formula is C10H17NO5. The normalized spacial score (nSPS) is 50.7. The van der Waals surface area contributed by atoms with Crippen LogP contribution >= 0.6 is 0 Å². The van der Waals surface area contributed by atoms with E-state index in [1.807, 2.05) is 0 Å². The maximum absolute atomic E-state index is 11.0. The van der Waals surface area contributed by atoms with Gasteiger partial charge in [0.15, 0.2) is 0 Å². The lowest BCUT2D eigenvalue weighted by Crippen LogP contribution is -2.60. The molecule has 5 N–H and O–H groups in total. The topological polar surface area (TPSA) is 110 Å². The summed E-state index contributed by atoms with van der Waals surface area (Å²) in [5, 5.41) is 41.0. The van der Waals surface area contributed by atoms with Crippen LogP contribution in [0.3, 0.4) is 0 Å². The van der Waals surface area contributed by atoms with E-state index in [4.69, 9.17) is 0 Å². The smallest absolute Gasteiger partial charge is 0.217 e. The predicted molar refractivity (Wildman–Crippen MR) is 53.3 cm³/mol. The van der Waals surface area contributed by atoms with Crippen LogP contribution in [0.2, 0.25) is 0 Å². The molecule has 0 spiro atoms. The highest BCUT2D eigenvalue weighted by atomic mass is 16.4. The van der Waals surface area contributed by atoms with Crippen LogP contribution in [-0.2, 0) is 4.79 Å². The molecule has 2 rings (SSSR count). The first kappa shape index (κ1) is 11.8. The van der Waals surface area contributed by atoms with Crippen LogP contribution in [0.1, 0.15) is 13.3 Å². The zero-order valence-corrected chi connectivity index (χ0v) is 9.00. The summed E-state index contributed by atoms with van der Waals surface area (Å²) < 4.78 is 0. The first-order valence-corrected chi connectivity index (χ1v) is 5.36. The quantitative estimate of drug-likeness (QED) is 0.363. The molecular weight excluding hydrogens is 214 g/mol. The van der Waals surface area contributed by atoms with Crippen LogP contribution in [0.25, 0.3) is 0 Å². The highest BCUT2D eigenvalue weighted by Crippen LogP contribution is 2.60. The van der Waals surface area contributed by atoms with Gasteiger partial charge in [0, 0.05) is 12.3 Å². The average Bonchev–Trinajstić information content (AvgIpc) is 2.97. The van der Waals surface area contributed by atoms with E-state index in [1.165, 1.54) is 6.92 Å². The van der Waals surface area contributed by atoms with E-state index >= 15 is 0 Å². The van der Waals surface area contributed by atoms with Crippen molar-refractivity contribution in [1.29, 1.82) is 0 Å². The van der Waals surface area contributed by atoms with E-state index in [0.29, 0.717) is 6.42 Å². The fraction of sp³-hybridized carbons (Fsp3) is 0.900. The average molecular weight is 231 g/mol. The van der Waals surface area contributed by atoms with Crippen LogP contribution < -0.4 is 5.32 Å². The monoisotopic (exact) mass is 231 g/mol. The van der Waals surface area contributed by atoms with Gasteiger partial charge in [0.1, 0.15) is 12.2 Å². The van der Waals surface area contributed by atoms with Gasteiger partial charge in [-0.25, -0.2) is 0 Å². The minimum atomic E-state index is -1.33. The maximum Gasteiger partial charge on any atom is 0.217 e. The number of hydrogen-bond donors (Lipinski definition) is 5. The van der Waals surface area contributed by atoms with Gasteiger partial charge in [-0.1, -0.05) is 0 Å². The van der Waals surface area contributed by atoms with Crippen LogP contribution in [-0.4, -0.2) is 57.3 Å². The number of aliphatic hydroxyl groups excluding tert-OH is 4. The number of carbonyl (C=O) groups excluding carboxylic acids is 1. The van der Waals surface area contributed by atoms with Crippen molar-refractivity contribution in [1.82, 2.24) is 5.32 Å². The van der Waals surface area contributed by atoms with Crippen LogP contribution in [0, 0.1) is 11.3 Å². The number of nitrogens with one attached hydrogen (secondary N) is 1. The summed E-state index contributed by atoms with van der Waals surface area (Å²) in [4.78, 5) is 11.0. The second-order valence-corrected chi connectivity index (χ2v) is 4.85. The molecule has 6 nitrogen and oxygen atoms in total. The third-order valence-corrected chi connectivity index (χ3v) is 3.91. The van der Waals surface area contributed by atoms with Crippen molar-refractivity contribution in [3.8, 4) is 0 Å². The van der Waals surface area contributed by atoms with Crippen molar-refractivity contribution in [2.75, 3.05) is 6.61 Å². The minimum absolute atomic E-state index is 0.171. The lowest BCUT2D eigenvalue weighted by atomic mass is 9.79. The van der Waals surface area contributed by atoms with E-state index in [-0.39, 0.29) is 18.4 Å². The molecule has 0 heterocycles. The summed E-state index contributed by atoms with van der Waals surface area (Å²) in [6.07, 6.45) is -3.15. The molecule has 2 aliphatic rings. The van der Waals surface area contributed by atoms with Crippen LogP contribution in [0.15, 0.2) is 0 Å². The van der Waals surface area contributed by atoms with Gasteiger partial charge in [-0.2, -0.15) is 0 Å². The van der Waals surface area contributed by atoms with E-state index in [2.05, 4.69) is 5.32 Å². The molecule has 92 valence electrons. The van der Waals surface area contributed by atoms with Crippen LogP contribution in [0.5, 0.6) is 0 Å². The summed E-state index contributed by atoms with van der Waals surface area (Å²) in [6.45, 7) is 1.08. The van der Waals surface area contributed by atoms with Gasteiger partial charge in [0.25, 0.3) is 0 Å². The molecule has 0 radical (unpaired) electrons. The SMILES string of the molecule is CC(=O)N[C@@H]1[C@H](O)[C@@H](O)[C@H](O)[C@@]2(CO)C[C@@H]12. The third-order valence-electron chi connectivity index (χ3n) is 3.91. The molecule has 0 bridgehead atoms. The zero-order chi connectivity index (χ0) is 12.1. The van der Waals surface area contributed by atoms with Gasteiger partial charge in [0.05, 0.1) is 18.8 Å². The van der Waals surface area contributed by atoms with Gasteiger partial charge in [-0.05, 0) is 12.3 Å². The maximum atomic E-state index is 11.0. The fourth-order valence-electron chi connectivity index (χ4n) is 2.85. The first-order chi connectivity index (χ1) is 7.44. The molecule has 6 heteroatoms. The third kappa shape index (κ3) is 1.45. The van der Waals surface area contributed by atoms with Crippen molar-refractivity contribution >= 4 is 5.91 Å². The molecule has 16 heavy (non-hydrogen) atoms. The highest BCUT2D eigenvalue weighted by molar-refractivity contribution is 5.73. The summed E-state index contributed by atoms with van der Waals surface area (Å²) >= 11 is 0. The molecule has 2 saturated carbocycles. The largest absolute Gasteiger partial charge is 0.396 e. The van der Waals surface area contributed by atoms with Crippen LogP contribution in [0.4, 0.5) is 0 Å². The Hall–Kier alpha value is -0.690. The minimum Gasteiger partial charge on any atom is -0.396 e. The van der Waals surface area contributed by atoms with Gasteiger partial charge in [-0.3, -0.25) is 4.79 Å². The van der Waals surface area contributed by atoms with Gasteiger partial charge in [0.2, 0.25) is 5.91 Å². The number of rotatable bonds is 2. The predicted octanol–water partition coefficient (Wildman–Crippen LogP) is -2.41. The van der Waals surface area contributed by atoms with Gasteiger partial charge >= 0.3 is 0 Å². The Morgan fingerprint density at radius 2 is 2.00 bits per heavy atom. The molecule has 0 unspecified atom stereocenters. The number of amides is 1. The second-order valence-electron chi connectivity index (χ2n) is 4.85. The van der Waals surface area contributed by atoms with Crippen molar-refractivity contribution in [2.24, 2.45) is 11.3 Å². The van der Waals surface area contributed by atoms with Crippen molar-refractivity contribution in [3.63, 3.8) is 0 Å². The standard InChI is InChI=1S/C10H17NO5/c1-4(13)11-6-5-2-10(5,3-12)9(16)8(15)7(6)14/h5-9,12,14-16H,2-3H2,1H3,(H,11,13)/t5-,6-,7-,8+,9-,10+/m0/s1. The first-order valence-electron chi connectivity index (χ1n) is 5.36. The Balaban J connectivity index is 2.19. The molecule has 0 saturated heterocycles. The summed E-state index contributed by atoms with van der Waals surface area (Å²) in [7, 11) is 0. The molecule has 0 aromatic heterocycles. The van der Waals surface area contributed by atoms with E-state index in [0.717, 1.165) is 0 Å². The number of fused-ring (bicyclic) bond motifs is 1. The Bertz CT molecular complexity index is 310. The fourth-order valence-corrected chi connectivity index (χ4v) is 2.85. The lowest BCUT2D eigenvalue weighted by molar-refractivity contribution is -0.142. The van der Waals surface area contributed by atoms with E-state index < -0.39 is 29.8 Å². The molecule has 2 fully saturated rings. The number of hydrogen-bond acceptors (Lipinski definition) is 5. The molecule has 2 aliphatic carbocycles. The van der Waals surface area contributed by atoms with Gasteiger partial charge in [-0.15, -0.1) is 0 Å². The van der Waals surface area contributed by atoms with Crippen molar-refractivity contribution in [3.05, 3.63) is 0 Å².